The molecule has 4 rings (SSSR count). The van der Waals surface area contributed by atoms with E-state index in [9.17, 15) is 23.1 Å². The number of alkyl halides is 3. The van der Waals surface area contributed by atoms with Crippen LogP contribution in [0.2, 0.25) is 0 Å². The van der Waals surface area contributed by atoms with Crippen molar-refractivity contribution in [1.82, 2.24) is 20.1 Å². The lowest BCUT2D eigenvalue weighted by molar-refractivity contribution is -0.137. The number of carbonyl (C=O) groups is 1. The summed E-state index contributed by atoms with van der Waals surface area (Å²) in [5, 5.41) is 18.3. The number of nitrogens with one attached hydrogen (secondary N) is 1. The molecule has 2 N–H and O–H groups in total. The van der Waals surface area contributed by atoms with E-state index in [1.807, 2.05) is 32.4 Å². The Hall–Kier alpha value is -3.14. The Labute approximate surface area is 201 Å². The van der Waals surface area contributed by atoms with Crippen LogP contribution in [0.3, 0.4) is 0 Å². The summed E-state index contributed by atoms with van der Waals surface area (Å²) in [5.74, 6) is -0.0738. The fourth-order valence-electron chi connectivity index (χ4n) is 3.86. The number of rotatable bonds is 7. The van der Waals surface area contributed by atoms with Gasteiger partial charge in [0.15, 0.2) is 5.65 Å². The summed E-state index contributed by atoms with van der Waals surface area (Å²) in [6.45, 7) is 7.48. The normalized spacial score (nSPS) is 15.3. The fraction of sp³-hybridized carbons (Fsp3) is 0.480. The van der Waals surface area contributed by atoms with Crippen LogP contribution in [0, 0.1) is 6.92 Å². The summed E-state index contributed by atoms with van der Waals surface area (Å²) in [5.41, 5.74) is 1.46. The Bertz CT molecular complexity index is 1240. The summed E-state index contributed by atoms with van der Waals surface area (Å²) >= 11 is 0. The number of benzene rings is 1. The number of aliphatic hydroxyl groups excluding tert-OH is 1. The molecule has 1 fully saturated rings. The minimum Gasteiger partial charge on any atom is -0.491 e. The van der Waals surface area contributed by atoms with Gasteiger partial charge in [0.25, 0.3) is 5.91 Å². The monoisotopic (exact) mass is 490 g/mol. The summed E-state index contributed by atoms with van der Waals surface area (Å²) in [4.78, 5) is 18.0. The highest BCUT2D eigenvalue weighted by molar-refractivity contribution is 6.06. The third kappa shape index (κ3) is 5.58. The van der Waals surface area contributed by atoms with Crippen molar-refractivity contribution in [1.29, 1.82) is 0 Å². The number of hydrogen-bond donors (Lipinski definition) is 2. The Balaban J connectivity index is 1.48. The Kier molecular flexibility index (Phi) is 6.52. The molecule has 1 aromatic carbocycles. The van der Waals surface area contributed by atoms with Crippen molar-refractivity contribution in [3.05, 3.63) is 52.8 Å². The number of fused-ring (bicyclic) bond motifs is 1. The second kappa shape index (κ2) is 9.14. The predicted octanol–water partition coefficient (Wildman–Crippen LogP) is 4.56. The van der Waals surface area contributed by atoms with E-state index in [0.29, 0.717) is 28.2 Å². The molecule has 1 aliphatic rings. The molecule has 0 aliphatic heterocycles. The van der Waals surface area contributed by atoms with Gasteiger partial charge in [0.05, 0.1) is 27.7 Å². The zero-order chi connectivity index (χ0) is 25.5. The van der Waals surface area contributed by atoms with Crippen LogP contribution in [0.15, 0.2) is 30.3 Å². The van der Waals surface area contributed by atoms with Crippen LogP contribution in [0.4, 0.5) is 13.2 Å². The average Bonchev–Trinajstić information content (AvgIpc) is 3.58. The zero-order valence-electron chi connectivity index (χ0n) is 20.1. The van der Waals surface area contributed by atoms with E-state index in [0.717, 1.165) is 30.7 Å². The van der Waals surface area contributed by atoms with Crippen molar-refractivity contribution in [2.45, 2.75) is 64.3 Å². The first-order valence-electron chi connectivity index (χ1n) is 11.5. The van der Waals surface area contributed by atoms with E-state index in [4.69, 9.17) is 9.72 Å². The largest absolute Gasteiger partial charge is 0.491 e. The maximum Gasteiger partial charge on any atom is 0.416 e. The Morgan fingerprint density at radius 1 is 1.26 bits per heavy atom. The number of aryl methyl sites for hydroxylation is 1. The van der Waals surface area contributed by atoms with Gasteiger partial charge in [-0.05, 0) is 64.8 Å². The first-order chi connectivity index (χ1) is 16.3. The molecule has 1 aliphatic carbocycles. The van der Waals surface area contributed by atoms with Crippen LogP contribution in [-0.4, -0.2) is 45.0 Å². The van der Waals surface area contributed by atoms with Gasteiger partial charge in [-0.15, -0.1) is 0 Å². The van der Waals surface area contributed by atoms with Gasteiger partial charge in [-0.1, -0.05) is 6.07 Å². The van der Waals surface area contributed by atoms with Crippen LogP contribution in [0.25, 0.3) is 11.0 Å². The molecule has 35 heavy (non-hydrogen) atoms. The van der Waals surface area contributed by atoms with Crippen molar-refractivity contribution < 1.29 is 27.8 Å². The molecule has 10 heteroatoms. The number of aromatic nitrogens is 3. The minimum absolute atomic E-state index is 0.0136. The lowest BCUT2D eigenvalue weighted by Crippen LogP contribution is -2.35. The van der Waals surface area contributed by atoms with E-state index in [-0.39, 0.29) is 30.3 Å². The van der Waals surface area contributed by atoms with Gasteiger partial charge in [0.1, 0.15) is 18.5 Å². The summed E-state index contributed by atoms with van der Waals surface area (Å²) < 4.78 is 45.7. The predicted molar refractivity (Wildman–Crippen MR) is 125 cm³/mol. The molecule has 3 aromatic rings. The molecular formula is C25H29F3N4O3. The maximum atomic E-state index is 13.1. The van der Waals surface area contributed by atoms with Crippen LogP contribution in [0.1, 0.15) is 66.8 Å². The van der Waals surface area contributed by atoms with Crippen molar-refractivity contribution in [3.63, 3.8) is 0 Å². The van der Waals surface area contributed by atoms with E-state index < -0.39 is 17.8 Å². The maximum absolute atomic E-state index is 13.1. The number of amides is 1. The molecule has 1 amide bonds. The molecule has 0 saturated heterocycles. The Morgan fingerprint density at radius 3 is 2.60 bits per heavy atom. The first kappa shape index (κ1) is 25.0. The lowest BCUT2D eigenvalue weighted by Gasteiger charge is -2.20. The van der Waals surface area contributed by atoms with Gasteiger partial charge in [0.2, 0.25) is 0 Å². The summed E-state index contributed by atoms with van der Waals surface area (Å²) in [6, 6.07) is 6.22. The zero-order valence-corrected chi connectivity index (χ0v) is 20.1. The standard InChI is InChI=1S/C25H29F3N4O3/c1-14-21-19(11-20(15-8-9-15)30-22(21)32(31-14)24(2,3)4)23(34)29-12-17(33)13-35-18-7-5-6-16(10-18)25(26,27)28/h5-7,10-11,15,17,33H,8-9,12-13H2,1-4H3,(H,29,34). The van der Waals surface area contributed by atoms with Crippen LogP contribution in [0.5, 0.6) is 5.75 Å². The van der Waals surface area contributed by atoms with Crippen molar-refractivity contribution in [2.75, 3.05) is 13.2 Å². The quantitative estimate of drug-likeness (QED) is 0.507. The third-order valence-corrected chi connectivity index (χ3v) is 5.81. The molecule has 2 heterocycles. The highest BCUT2D eigenvalue weighted by Crippen LogP contribution is 2.41. The molecule has 7 nitrogen and oxygen atoms in total. The van der Waals surface area contributed by atoms with Crippen molar-refractivity contribution in [2.24, 2.45) is 0 Å². The van der Waals surface area contributed by atoms with E-state index in [1.54, 1.807) is 6.07 Å². The number of pyridine rings is 1. The second-order valence-corrected chi connectivity index (χ2v) is 9.94. The number of aliphatic hydroxyl groups is 1. The van der Waals surface area contributed by atoms with E-state index in [2.05, 4.69) is 10.4 Å². The number of carbonyl (C=O) groups excluding carboxylic acids is 1. The van der Waals surface area contributed by atoms with Gasteiger partial charge in [-0.3, -0.25) is 4.79 Å². The number of hydrogen-bond acceptors (Lipinski definition) is 5. The average molecular weight is 491 g/mol. The summed E-state index contributed by atoms with van der Waals surface area (Å²) in [6.07, 6.45) is -3.56. The molecule has 0 radical (unpaired) electrons. The molecule has 1 unspecified atom stereocenters. The van der Waals surface area contributed by atoms with E-state index in [1.165, 1.54) is 12.1 Å². The van der Waals surface area contributed by atoms with Crippen LogP contribution in [-0.2, 0) is 11.7 Å². The fourth-order valence-corrected chi connectivity index (χ4v) is 3.86. The van der Waals surface area contributed by atoms with Gasteiger partial charge < -0.3 is 15.2 Å². The second-order valence-electron chi connectivity index (χ2n) is 9.94. The molecule has 0 spiro atoms. The van der Waals surface area contributed by atoms with Crippen LogP contribution >= 0.6 is 0 Å². The summed E-state index contributed by atoms with van der Waals surface area (Å²) in [7, 11) is 0. The van der Waals surface area contributed by atoms with Gasteiger partial charge in [-0.2, -0.15) is 18.3 Å². The first-order valence-corrected chi connectivity index (χ1v) is 11.5. The minimum atomic E-state index is -4.49. The van der Waals surface area contributed by atoms with Gasteiger partial charge in [-0.25, -0.2) is 9.67 Å². The highest BCUT2D eigenvalue weighted by atomic mass is 19.4. The van der Waals surface area contributed by atoms with Crippen LogP contribution < -0.4 is 10.1 Å². The van der Waals surface area contributed by atoms with Gasteiger partial charge in [0, 0.05) is 18.2 Å². The van der Waals surface area contributed by atoms with Gasteiger partial charge >= 0.3 is 6.18 Å². The molecule has 0 bridgehead atoms. The molecular weight excluding hydrogens is 461 g/mol. The highest BCUT2D eigenvalue weighted by Gasteiger charge is 2.31. The number of ether oxygens (including phenoxy) is 1. The topological polar surface area (TPSA) is 89.3 Å². The number of nitrogens with zero attached hydrogens (tertiary/aromatic N) is 3. The number of halogens is 3. The SMILES string of the molecule is Cc1nn(C(C)(C)C)c2nc(C3CC3)cc(C(=O)NCC(O)COc3cccc(C(F)(F)F)c3)c12. The molecule has 2 aromatic heterocycles. The lowest BCUT2D eigenvalue weighted by atomic mass is 10.1. The Morgan fingerprint density at radius 2 is 1.97 bits per heavy atom. The van der Waals surface area contributed by atoms with Crippen molar-refractivity contribution >= 4 is 16.9 Å². The smallest absolute Gasteiger partial charge is 0.416 e. The molecule has 1 atom stereocenters. The van der Waals surface area contributed by atoms with Crippen molar-refractivity contribution in [3.8, 4) is 5.75 Å². The molecule has 188 valence electrons. The third-order valence-electron chi connectivity index (χ3n) is 5.81. The van der Waals surface area contributed by atoms with E-state index >= 15 is 0 Å². The molecule has 1 saturated carbocycles.